The lowest BCUT2D eigenvalue weighted by Gasteiger charge is -2.26. The van der Waals surface area contributed by atoms with E-state index < -0.39 is 0 Å². The van der Waals surface area contributed by atoms with Crippen molar-refractivity contribution in [3.8, 4) is 0 Å². The number of nitrogens with zero attached hydrogens (tertiary/aromatic N) is 1. The van der Waals surface area contributed by atoms with Gasteiger partial charge in [-0.25, -0.2) is 4.98 Å². The van der Waals surface area contributed by atoms with Crippen LogP contribution < -0.4 is 5.32 Å². The Morgan fingerprint density at radius 3 is 1.96 bits per heavy atom. The Hall–Kier alpha value is -2.13. The van der Waals surface area contributed by atoms with E-state index in [1.807, 2.05) is 0 Å². The van der Waals surface area contributed by atoms with Gasteiger partial charge in [0, 0.05) is 11.1 Å². The summed E-state index contributed by atoms with van der Waals surface area (Å²) in [5, 5.41) is 7.14. The van der Waals surface area contributed by atoms with Crippen LogP contribution in [0.2, 0.25) is 0 Å². The molecule has 26 heavy (non-hydrogen) atoms. The summed E-state index contributed by atoms with van der Waals surface area (Å²) in [6.45, 7) is 11.1. The van der Waals surface area contributed by atoms with Crippen LogP contribution in [0.3, 0.4) is 0 Å². The SMILES string of the molecule is Cc1nc(C(Nc2c(C(C)C)cccc2C(C)C)c2ccccc2)cs1. The highest BCUT2D eigenvalue weighted by molar-refractivity contribution is 7.09. The normalized spacial score (nSPS) is 12.6. The molecule has 0 bridgehead atoms. The summed E-state index contributed by atoms with van der Waals surface area (Å²) in [6, 6.07) is 17.3. The van der Waals surface area contributed by atoms with Crippen LogP contribution in [0.1, 0.15) is 73.0 Å². The third-order valence-electron chi connectivity index (χ3n) is 4.73. The van der Waals surface area contributed by atoms with Crippen LogP contribution in [0.4, 0.5) is 5.69 Å². The van der Waals surface area contributed by atoms with Crippen LogP contribution >= 0.6 is 11.3 Å². The minimum atomic E-state index is 0.0542. The Balaban J connectivity index is 2.10. The maximum atomic E-state index is 4.79. The Morgan fingerprint density at radius 2 is 1.46 bits per heavy atom. The molecule has 0 aliphatic heterocycles. The summed E-state index contributed by atoms with van der Waals surface area (Å²) in [7, 11) is 0. The van der Waals surface area contributed by atoms with Gasteiger partial charge < -0.3 is 5.32 Å². The van der Waals surface area contributed by atoms with Gasteiger partial charge in [-0.2, -0.15) is 0 Å². The number of anilines is 1. The van der Waals surface area contributed by atoms with Gasteiger partial charge in [0.2, 0.25) is 0 Å². The smallest absolute Gasteiger partial charge is 0.0948 e. The fraction of sp³-hybridized carbons (Fsp3) is 0.348. The highest BCUT2D eigenvalue weighted by Crippen LogP contribution is 2.36. The molecule has 1 atom stereocenters. The van der Waals surface area contributed by atoms with Crippen molar-refractivity contribution in [3.63, 3.8) is 0 Å². The third kappa shape index (κ3) is 3.99. The molecule has 1 unspecified atom stereocenters. The lowest BCUT2D eigenvalue weighted by atomic mass is 9.91. The van der Waals surface area contributed by atoms with Crippen LogP contribution in [0.15, 0.2) is 53.9 Å². The second-order valence-corrected chi connectivity index (χ2v) is 8.46. The number of rotatable bonds is 6. The standard InChI is InChI=1S/C23H28N2S/c1-15(2)19-12-9-13-20(16(3)4)23(19)25-22(18-10-7-6-8-11-18)21-14-26-17(5)24-21/h6-16,22,25H,1-5H3. The predicted octanol–water partition coefficient (Wildman–Crippen LogP) is 6.90. The van der Waals surface area contributed by atoms with E-state index in [0.29, 0.717) is 11.8 Å². The van der Waals surface area contributed by atoms with Gasteiger partial charge in [-0.15, -0.1) is 11.3 Å². The Morgan fingerprint density at radius 1 is 0.846 bits per heavy atom. The van der Waals surface area contributed by atoms with Gasteiger partial charge >= 0.3 is 0 Å². The van der Waals surface area contributed by atoms with Crippen molar-refractivity contribution in [2.24, 2.45) is 0 Å². The van der Waals surface area contributed by atoms with Crippen molar-refractivity contribution in [2.45, 2.75) is 52.5 Å². The fourth-order valence-corrected chi connectivity index (χ4v) is 3.99. The first-order valence-electron chi connectivity index (χ1n) is 9.33. The number of aromatic nitrogens is 1. The summed E-state index contributed by atoms with van der Waals surface area (Å²) in [5.74, 6) is 0.926. The van der Waals surface area contributed by atoms with Crippen LogP contribution in [0.25, 0.3) is 0 Å². The lowest BCUT2D eigenvalue weighted by Crippen LogP contribution is -2.16. The molecule has 0 amide bonds. The van der Waals surface area contributed by atoms with Crippen LogP contribution in [-0.4, -0.2) is 4.98 Å². The molecule has 0 aliphatic rings. The van der Waals surface area contributed by atoms with E-state index in [-0.39, 0.29) is 6.04 Å². The van der Waals surface area contributed by atoms with E-state index in [1.54, 1.807) is 11.3 Å². The largest absolute Gasteiger partial charge is 0.372 e. The van der Waals surface area contributed by atoms with E-state index in [0.717, 1.165) is 10.7 Å². The molecule has 0 fully saturated rings. The van der Waals surface area contributed by atoms with Crippen LogP contribution in [0, 0.1) is 6.92 Å². The molecule has 0 radical (unpaired) electrons. The molecule has 2 aromatic carbocycles. The number of nitrogens with one attached hydrogen (secondary N) is 1. The highest BCUT2D eigenvalue weighted by Gasteiger charge is 2.21. The summed E-state index contributed by atoms with van der Waals surface area (Å²) in [5.41, 5.74) is 6.32. The molecular formula is C23H28N2S. The molecule has 3 rings (SSSR count). The van der Waals surface area contributed by atoms with Gasteiger partial charge in [0.15, 0.2) is 0 Å². The molecule has 0 spiro atoms. The monoisotopic (exact) mass is 364 g/mol. The van der Waals surface area contributed by atoms with E-state index in [4.69, 9.17) is 4.98 Å². The van der Waals surface area contributed by atoms with Crippen molar-refractivity contribution in [1.82, 2.24) is 4.98 Å². The van der Waals surface area contributed by atoms with Crippen LogP contribution in [0.5, 0.6) is 0 Å². The molecule has 2 nitrogen and oxygen atoms in total. The fourth-order valence-electron chi connectivity index (χ4n) is 3.35. The average Bonchev–Trinajstić information content (AvgIpc) is 3.06. The van der Waals surface area contributed by atoms with Crippen molar-refractivity contribution >= 4 is 17.0 Å². The van der Waals surface area contributed by atoms with Crippen molar-refractivity contribution in [2.75, 3.05) is 5.32 Å². The quantitative estimate of drug-likeness (QED) is 0.514. The number of hydrogen-bond acceptors (Lipinski definition) is 3. The van der Waals surface area contributed by atoms with Gasteiger partial charge in [0.1, 0.15) is 0 Å². The predicted molar refractivity (Wildman–Crippen MR) is 113 cm³/mol. The second-order valence-electron chi connectivity index (χ2n) is 7.40. The molecule has 0 saturated heterocycles. The zero-order valence-corrected chi connectivity index (χ0v) is 17.1. The molecular weight excluding hydrogens is 336 g/mol. The van der Waals surface area contributed by atoms with Gasteiger partial charge in [0.05, 0.1) is 16.7 Å². The zero-order valence-electron chi connectivity index (χ0n) is 16.3. The van der Waals surface area contributed by atoms with Gasteiger partial charge in [-0.3, -0.25) is 0 Å². The first-order chi connectivity index (χ1) is 12.5. The molecule has 1 heterocycles. The number of para-hydroxylation sites is 1. The molecule has 3 heteroatoms. The minimum absolute atomic E-state index is 0.0542. The van der Waals surface area contributed by atoms with Gasteiger partial charge in [-0.05, 0) is 35.4 Å². The molecule has 0 saturated carbocycles. The van der Waals surface area contributed by atoms with Gasteiger partial charge in [-0.1, -0.05) is 76.2 Å². The van der Waals surface area contributed by atoms with E-state index >= 15 is 0 Å². The zero-order chi connectivity index (χ0) is 18.7. The maximum Gasteiger partial charge on any atom is 0.0948 e. The van der Waals surface area contributed by atoms with Crippen molar-refractivity contribution < 1.29 is 0 Å². The maximum absolute atomic E-state index is 4.79. The number of benzene rings is 2. The molecule has 1 N–H and O–H groups in total. The topological polar surface area (TPSA) is 24.9 Å². The van der Waals surface area contributed by atoms with Crippen molar-refractivity contribution in [1.29, 1.82) is 0 Å². The number of thiazole rings is 1. The Labute approximate surface area is 161 Å². The lowest BCUT2D eigenvalue weighted by molar-refractivity contribution is 0.815. The molecule has 136 valence electrons. The molecule has 3 aromatic rings. The van der Waals surface area contributed by atoms with Crippen molar-refractivity contribution in [3.05, 3.63) is 81.3 Å². The van der Waals surface area contributed by atoms with E-state index in [2.05, 4.69) is 93.8 Å². The third-order valence-corrected chi connectivity index (χ3v) is 5.52. The second kappa shape index (κ2) is 8.05. The summed E-state index contributed by atoms with van der Waals surface area (Å²) < 4.78 is 0. The summed E-state index contributed by atoms with van der Waals surface area (Å²) >= 11 is 1.71. The van der Waals surface area contributed by atoms with E-state index in [1.165, 1.54) is 22.4 Å². The molecule has 1 aromatic heterocycles. The summed E-state index contributed by atoms with van der Waals surface area (Å²) in [4.78, 5) is 4.79. The number of aryl methyl sites for hydroxylation is 1. The van der Waals surface area contributed by atoms with Crippen LogP contribution in [-0.2, 0) is 0 Å². The molecule has 0 aliphatic carbocycles. The Bertz CT molecular complexity index is 823. The Kier molecular flexibility index (Phi) is 5.77. The first kappa shape index (κ1) is 18.7. The van der Waals surface area contributed by atoms with Gasteiger partial charge in [0.25, 0.3) is 0 Å². The summed E-state index contributed by atoms with van der Waals surface area (Å²) in [6.07, 6.45) is 0. The minimum Gasteiger partial charge on any atom is -0.372 e. The first-order valence-corrected chi connectivity index (χ1v) is 10.2. The average molecular weight is 365 g/mol. The van der Waals surface area contributed by atoms with E-state index in [9.17, 15) is 0 Å². The number of hydrogen-bond donors (Lipinski definition) is 1. The highest BCUT2D eigenvalue weighted by atomic mass is 32.1.